The Labute approximate surface area is 184 Å². The van der Waals surface area contributed by atoms with Crippen LogP contribution in [0.5, 0.6) is 0 Å². The van der Waals surface area contributed by atoms with Gasteiger partial charge in [0, 0.05) is 17.8 Å². The smallest absolute Gasteiger partial charge is 0.126 e. The molecule has 2 N–H and O–H groups in total. The molecule has 3 heteroatoms. The minimum Gasteiger partial charge on any atom is -0.393 e. The predicted octanol–water partition coefficient (Wildman–Crippen LogP) is 5.62. The molecule has 4 rings (SSSR count). The van der Waals surface area contributed by atoms with Gasteiger partial charge in [-0.15, -0.1) is 0 Å². The highest BCUT2D eigenvalue weighted by molar-refractivity contribution is 5.59. The van der Waals surface area contributed by atoms with Crippen LogP contribution in [0.15, 0.2) is 0 Å². The number of carbonyl (C=O) groups is 1. The highest BCUT2D eigenvalue weighted by Gasteiger charge is 2.72. The number of fused-ring (bicyclic) bond motifs is 5. The second kappa shape index (κ2) is 7.87. The van der Waals surface area contributed by atoms with Gasteiger partial charge in [-0.05, 0) is 79.4 Å². The number of aliphatic hydroxyl groups is 2. The molecule has 172 valence electrons. The van der Waals surface area contributed by atoms with Crippen LogP contribution in [0.4, 0.5) is 0 Å². The van der Waals surface area contributed by atoms with E-state index in [1.807, 2.05) is 0 Å². The first-order valence-electron chi connectivity index (χ1n) is 12.9. The molecular weight excluding hydrogens is 376 g/mol. The lowest BCUT2D eigenvalue weighted by Gasteiger charge is -2.52. The van der Waals surface area contributed by atoms with E-state index < -0.39 is 11.7 Å². The number of aldehydes is 1. The first-order chi connectivity index (χ1) is 14.1. The summed E-state index contributed by atoms with van der Waals surface area (Å²) < 4.78 is 0. The van der Waals surface area contributed by atoms with Crippen molar-refractivity contribution >= 4 is 6.29 Å². The lowest BCUT2D eigenvalue weighted by atomic mass is 9.53. The molecule has 0 amide bonds. The molecule has 0 aliphatic heterocycles. The molecule has 0 saturated heterocycles. The van der Waals surface area contributed by atoms with E-state index in [9.17, 15) is 15.0 Å². The highest BCUT2D eigenvalue weighted by Crippen LogP contribution is 2.72. The van der Waals surface area contributed by atoms with E-state index in [4.69, 9.17) is 0 Å². The summed E-state index contributed by atoms with van der Waals surface area (Å²) in [6.45, 7) is 11.9. The zero-order valence-electron chi connectivity index (χ0n) is 20.1. The maximum atomic E-state index is 12.4. The van der Waals surface area contributed by atoms with Gasteiger partial charge < -0.3 is 15.0 Å². The van der Waals surface area contributed by atoms with Crippen LogP contribution in [0.3, 0.4) is 0 Å². The van der Waals surface area contributed by atoms with Crippen molar-refractivity contribution < 1.29 is 15.0 Å². The molecule has 4 aliphatic rings. The van der Waals surface area contributed by atoms with Gasteiger partial charge in [-0.2, -0.15) is 0 Å². The third-order valence-electron chi connectivity index (χ3n) is 11.0. The van der Waals surface area contributed by atoms with E-state index >= 15 is 0 Å². The van der Waals surface area contributed by atoms with Crippen LogP contribution in [-0.4, -0.2) is 28.2 Å². The van der Waals surface area contributed by atoms with Gasteiger partial charge >= 0.3 is 0 Å². The van der Waals surface area contributed by atoms with Crippen molar-refractivity contribution in [2.75, 3.05) is 0 Å². The summed E-state index contributed by atoms with van der Waals surface area (Å²) in [6.07, 6.45) is 11.5. The first-order valence-corrected chi connectivity index (χ1v) is 12.9. The normalized spacial score (nSPS) is 51.3. The molecule has 3 nitrogen and oxygen atoms in total. The summed E-state index contributed by atoms with van der Waals surface area (Å²) in [5, 5.41) is 22.3. The Morgan fingerprint density at radius 1 is 1.03 bits per heavy atom. The van der Waals surface area contributed by atoms with Crippen molar-refractivity contribution in [1.29, 1.82) is 0 Å². The average Bonchev–Trinajstić information content (AvgIpc) is 3.11. The van der Waals surface area contributed by atoms with Crippen LogP contribution in [0.2, 0.25) is 0 Å². The Bertz CT molecular complexity index is 646. The molecule has 0 aromatic carbocycles. The van der Waals surface area contributed by atoms with Gasteiger partial charge in [0.1, 0.15) is 6.29 Å². The monoisotopic (exact) mass is 422 g/mol. The number of hydrogen-bond donors (Lipinski definition) is 2. The second-order valence-corrected chi connectivity index (χ2v) is 12.7. The highest BCUT2D eigenvalue weighted by atomic mass is 18.2. The van der Waals surface area contributed by atoms with Crippen LogP contribution in [0, 0.1) is 52.3 Å². The van der Waals surface area contributed by atoms with E-state index in [1.165, 1.54) is 38.5 Å². The molecule has 4 saturated carbocycles. The van der Waals surface area contributed by atoms with Gasteiger partial charge in [-0.3, -0.25) is 0 Å². The van der Waals surface area contributed by atoms with Crippen LogP contribution in [0.25, 0.3) is 0 Å². The van der Waals surface area contributed by atoms with Gasteiger partial charge in [0.25, 0.3) is 0 Å². The van der Waals surface area contributed by atoms with E-state index in [2.05, 4.69) is 34.6 Å². The maximum Gasteiger partial charge on any atom is 0.126 e. The van der Waals surface area contributed by atoms with E-state index in [1.54, 1.807) is 0 Å². The molecule has 0 unspecified atom stereocenters. The van der Waals surface area contributed by atoms with Gasteiger partial charge in [0.05, 0.1) is 11.7 Å². The molecular formula is C27H46O3. The molecule has 0 aromatic heterocycles. The largest absolute Gasteiger partial charge is 0.393 e. The zero-order chi connectivity index (χ0) is 21.9. The van der Waals surface area contributed by atoms with Gasteiger partial charge in [0.15, 0.2) is 0 Å². The third-order valence-corrected chi connectivity index (χ3v) is 11.0. The maximum absolute atomic E-state index is 12.4. The zero-order valence-corrected chi connectivity index (χ0v) is 20.1. The predicted molar refractivity (Wildman–Crippen MR) is 121 cm³/mol. The topological polar surface area (TPSA) is 57.5 Å². The van der Waals surface area contributed by atoms with Crippen molar-refractivity contribution in [3.8, 4) is 0 Å². The van der Waals surface area contributed by atoms with Gasteiger partial charge in [-0.1, -0.05) is 53.9 Å². The summed E-state index contributed by atoms with van der Waals surface area (Å²) in [5.41, 5.74) is -0.933. The summed E-state index contributed by atoms with van der Waals surface area (Å²) in [7, 11) is 0. The van der Waals surface area contributed by atoms with Crippen LogP contribution in [0.1, 0.15) is 98.8 Å². The number of rotatable bonds is 6. The van der Waals surface area contributed by atoms with Crippen LogP contribution < -0.4 is 0 Å². The van der Waals surface area contributed by atoms with Crippen molar-refractivity contribution in [2.45, 2.75) is 111 Å². The van der Waals surface area contributed by atoms with Crippen molar-refractivity contribution in [3.05, 3.63) is 0 Å². The molecule has 0 radical (unpaired) electrons. The van der Waals surface area contributed by atoms with E-state index in [0.29, 0.717) is 29.6 Å². The fourth-order valence-electron chi connectivity index (χ4n) is 9.39. The molecule has 0 aromatic rings. The Balaban J connectivity index is 1.59. The molecule has 4 fully saturated rings. The van der Waals surface area contributed by atoms with Crippen LogP contribution >= 0.6 is 0 Å². The Morgan fingerprint density at radius 2 is 1.77 bits per heavy atom. The lowest BCUT2D eigenvalue weighted by molar-refractivity contribution is -0.156. The first kappa shape index (κ1) is 22.8. The Kier molecular flexibility index (Phi) is 5.97. The lowest BCUT2D eigenvalue weighted by Crippen LogP contribution is -2.54. The van der Waals surface area contributed by atoms with Gasteiger partial charge in [0.2, 0.25) is 0 Å². The van der Waals surface area contributed by atoms with Crippen molar-refractivity contribution in [2.24, 2.45) is 52.3 Å². The molecule has 0 heterocycles. The van der Waals surface area contributed by atoms with E-state index in [0.717, 1.165) is 43.3 Å². The van der Waals surface area contributed by atoms with Crippen molar-refractivity contribution in [3.63, 3.8) is 0 Å². The molecule has 0 spiro atoms. The SMILES string of the molecule is CC(C)CCC[C@@H](C)[C@H]1CC[C@H]2[C@@H]3[C@@H](C=[18O])[C@]4([18OH])C[C@@H](O)CC[C@]4(C)[C@H]3CC[C@]12C. The molecule has 30 heavy (non-hydrogen) atoms. The molecule has 0 bridgehead atoms. The van der Waals surface area contributed by atoms with Crippen molar-refractivity contribution in [1.82, 2.24) is 0 Å². The number of carbonyl (C=O) groups excluding carboxylic acids is 1. The van der Waals surface area contributed by atoms with Gasteiger partial charge in [-0.25, -0.2) is 0 Å². The number of aliphatic hydroxyl groups excluding tert-OH is 1. The summed E-state index contributed by atoms with van der Waals surface area (Å²) in [6, 6.07) is 0. The second-order valence-electron chi connectivity index (χ2n) is 12.7. The summed E-state index contributed by atoms with van der Waals surface area (Å²) in [4.78, 5) is 12.4. The Hall–Kier alpha value is -0.410. The molecule has 4 aliphatic carbocycles. The number of hydrogen-bond acceptors (Lipinski definition) is 3. The Morgan fingerprint density at radius 3 is 2.43 bits per heavy atom. The summed E-state index contributed by atoms with van der Waals surface area (Å²) >= 11 is 0. The minimum absolute atomic E-state index is 0.217. The fourth-order valence-corrected chi connectivity index (χ4v) is 9.39. The quantitative estimate of drug-likeness (QED) is 0.431. The third kappa shape index (κ3) is 3.16. The van der Waals surface area contributed by atoms with Crippen LogP contribution in [-0.2, 0) is 4.79 Å². The fraction of sp³-hybridized carbons (Fsp3) is 0.963. The molecule has 10 atom stereocenters. The van der Waals surface area contributed by atoms with E-state index in [-0.39, 0.29) is 11.3 Å². The minimum atomic E-state index is -1.02. The average molecular weight is 423 g/mol. The standard InChI is InChI=1S/C27H46O3/c1-17(2)7-6-8-18(3)20-9-10-21-24-22(12-13-25(20,21)4)26(5)14-11-19(29)15-27(26,30)23(24)16-28/h16-24,29-30H,6-15H2,1-5H3/t18-,19+,20-,21+,22+,23-,24+,25-,26-,27-/m1/s1/i28+2,30+2. The summed E-state index contributed by atoms with van der Waals surface area (Å²) in [5.74, 6) is 3.25.